The van der Waals surface area contributed by atoms with Gasteiger partial charge < -0.3 is 9.67 Å². The zero-order valence-electron chi connectivity index (χ0n) is 13.2. The number of aromatic nitrogens is 1. The van der Waals surface area contributed by atoms with E-state index in [1.807, 2.05) is 18.2 Å². The lowest BCUT2D eigenvalue weighted by atomic mass is 10.1. The summed E-state index contributed by atoms with van der Waals surface area (Å²) in [6, 6.07) is 22.7. The van der Waals surface area contributed by atoms with Gasteiger partial charge in [0, 0.05) is 23.0 Å². The molecule has 0 aliphatic heterocycles. The number of rotatable bonds is 3. The second kappa shape index (κ2) is 5.47. The molecule has 114 valence electrons. The Morgan fingerprint density at radius 2 is 1.61 bits per heavy atom. The summed E-state index contributed by atoms with van der Waals surface area (Å²) < 4.78 is 2.34. The highest BCUT2D eigenvalue weighted by Crippen LogP contribution is 2.35. The molecule has 0 amide bonds. The Morgan fingerprint density at radius 3 is 2.39 bits per heavy atom. The molecule has 3 aromatic carbocycles. The van der Waals surface area contributed by atoms with E-state index in [0.717, 1.165) is 29.3 Å². The summed E-state index contributed by atoms with van der Waals surface area (Å²) in [7, 11) is 0. The predicted octanol–water partition coefficient (Wildman–Crippen LogP) is 5.11. The number of phenolic OH excluding ortho intramolecular Hbond substituents is 1. The summed E-state index contributed by atoms with van der Waals surface area (Å²) in [4.78, 5) is 0. The van der Waals surface area contributed by atoms with Gasteiger partial charge in [-0.15, -0.1) is 0 Å². The average Bonchev–Trinajstić information content (AvgIpc) is 2.95. The second-order valence-corrected chi connectivity index (χ2v) is 5.94. The van der Waals surface area contributed by atoms with E-state index in [9.17, 15) is 5.11 Å². The minimum Gasteiger partial charge on any atom is -0.507 e. The molecule has 1 heterocycles. The molecule has 23 heavy (non-hydrogen) atoms. The third-order valence-electron chi connectivity index (χ3n) is 4.51. The first kappa shape index (κ1) is 13.9. The first-order valence-corrected chi connectivity index (χ1v) is 8.04. The molecule has 0 atom stereocenters. The lowest BCUT2D eigenvalue weighted by Crippen LogP contribution is -2.03. The van der Waals surface area contributed by atoms with Crippen LogP contribution in [-0.4, -0.2) is 9.67 Å². The van der Waals surface area contributed by atoms with E-state index >= 15 is 0 Å². The fourth-order valence-corrected chi connectivity index (χ4v) is 3.39. The molecule has 1 aromatic heterocycles. The van der Waals surface area contributed by atoms with Crippen LogP contribution in [0, 0.1) is 0 Å². The Hall–Kier alpha value is -2.74. The number of nitrogens with zero attached hydrogens (tertiary/aromatic N) is 1. The van der Waals surface area contributed by atoms with Crippen LogP contribution in [0.4, 0.5) is 0 Å². The van der Waals surface area contributed by atoms with Gasteiger partial charge in [-0.3, -0.25) is 0 Å². The van der Waals surface area contributed by atoms with Crippen molar-refractivity contribution < 1.29 is 5.11 Å². The van der Waals surface area contributed by atoms with Crippen LogP contribution < -0.4 is 0 Å². The summed E-state index contributed by atoms with van der Waals surface area (Å²) in [5, 5.41) is 13.7. The normalized spacial score (nSPS) is 11.3. The smallest absolute Gasteiger partial charge is 0.125 e. The van der Waals surface area contributed by atoms with Crippen molar-refractivity contribution in [2.24, 2.45) is 0 Å². The molecule has 0 bridgehead atoms. The maximum absolute atomic E-state index is 10.5. The molecule has 1 N–H and O–H groups in total. The summed E-state index contributed by atoms with van der Waals surface area (Å²) in [5.41, 5.74) is 3.64. The van der Waals surface area contributed by atoms with Crippen LogP contribution >= 0.6 is 0 Å². The van der Waals surface area contributed by atoms with Crippen molar-refractivity contribution in [1.29, 1.82) is 0 Å². The molecular formula is C21H19NO. The number of fused-ring (bicyclic) bond motifs is 3. The highest BCUT2D eigenvalue weighted by molar-refractivity contribution is 6.09. The maximum Gasteiger partial charge on any atom is 0.125 e. The Morgan fingerprint density at radius 1 is 0.870 bits per heavy atom. The van der Waals surface area contributed by atoms with Crippen LogP contribution in [0.2, 0.25) is 0 Å². The minimum absolute atomic E-state index is 0.361. The fraction of sp³-hybridized carbons (Fsp3) is 0.143. The molecule has 0 aliphatic rings. The van der Waals surface area contributed by atoms with Crippen LogP contribution in [-0.2, 0) is 13.0 Å². The van der Waals surface area contributed by atoms with E-state index in [1.165, 1.54) is 16.6 Å². The first-order valence-electron chi connectivity index (χ1n) is 8.04. The SMILES string of the molecule is CCc1cc2c(O)cc3ccccc3c2n1Cc1ccccc1. The molecule has 0 saturated carbocycles. The molecule has 4 rings (SSSR count). The number of aryl methyl sites for hydroxylation is 1. The largest absolute Gasteiger partial charge is 0.507 e. The summed E-state index contributed by atoms with van der Waals surface area (Å²) in [6.45, 7) is 2.98. The highest BCUT2D eigenvalue weighted by atomic mass is 16.3. The van der Waals surface area contributed by atoms with Crippen molar-refractivity contribution in [2.45, 2.75) is 19.9 Å². The lowest BCUT2D eigenvalue weighted by Gasteiger charge is -2.12. The third-order valence-corrected chi connectivity index (χ3v) is 4.51. The van der Waals surface area contributed by atoms with Crippen LogP contribution in [0.5, 0.6) is 5.75 Å². The van der Waals surface area contributed by atoms with E-state index in [2.05, 4.69) is 60.0 Å². The molecule has 0 radical (unpaired) electrons. The zero-order chi connectivity index (χ0) is 15.8. The fourth-order valence-electron chi connectivity index (χ4n) is 3.39. The Labute approximate surface area is 135 Å². The van der Waals surface area contributed by atoms with Crippen molar-refractivity contribution in [3.05, 3.63) is 78.0 Å². The van der Waals surface area contributed by atoms with Gasteiger partial charge in [0.15, 0.2) is 0 Å². The van der Waals surface area contributed by atoms with E-state index in [0.29, 0.717) is 5.75 Å². The highest BCUT2D eigenvalue weighted by Gasteiger charge is 2.14. The van der Waals surface area contributed by atoms with Crippen LogP contribution in [0.25, 0.3) is 21.7 Å². The van der Waals surface area contributed by atoms with Crippen LogP contribution in [0.15, 0.2) is 66.7 Å². The molecule has 0 fully saturated rings. The summed E-state index contributed by atoms with van der Waals surface area (Å²) in [6.07, 6.45) is 0.940. The van der Waals surface area contributed by atoms with Crippen molar-refractivity contribution >= 4 is 21.7 Å². The first-order chi connectivity index (χ1) is 11.3. The maximum atomic E-state index is 10.5. The van der Waals surface area contributed by atoms with Gasteiger partial charge >= 0.3 is 0 Å². The molecule has 0 spiro atoms. The molecular weight excluding hydrogens is 282 g/mol. The molecule has 0 aliphatic carbocycles. The van der Waals surface area contributed by atoms with Crippen molar-refractivity contribution in [3.8, 4) is 5.75 Å². The molecule has 0 saturated heterocycles. The third kappa shape index (κ3) is 2.27. The van der Waals surface area contributed by atoms with Crippen molar-refractivity contribution in [2.75, 3.05) is 0 Å². The number of phenols is 1. The second-order valence-electron chi connectivity index (χ2n) is 5.94. The van der Waals surface area contributed by atoms with E-state index in [4.69, 9.17) is 0 Å². The monoisotopic (exact) mass is 301 g/mol. The number of aromatic hydroxyl groups is 1. The van der Waals surface area contributed by atoms with E-state index in [-0.39, 0.29) is 0 Å². The predicted molar refractivity (Wildman–Crippen MR) is 96.0 cm³/mol. The Balaban J connectivity index is 2.04. The molecule has 2 heteroatoms. The van der Waals surface area contributed by atoms with E-state index in [1.54, 1.807) is 0 Å². The minimum atomic E-state index is 0.361. The van der Waals surface area contributed by atoms with Gasteiger partial charge in [0.2, 0.25) is 0 Å². The van der Waals surface area contributed by atoms with Gasteiger partial charge in [-0.2, -0.15) is 0 Å². The Bertz CT molecular complexity index is 983. The topological polar surface area (TPSA) is 25.2 Å². The van der Waals surface area contributed by atoms with Gasteiger partial charge in [0.25, 0.3) is 0 Å². The van der Waals surface area contributed by atoms with Crippen molar-refractivity contribution in [3.63, 3.8) is 0 Å². The van der Waals surface area contributed by atoms with Gasteiger partial charge in [-0.25, -0.2) is 0 Å². The number of hydrogen-bond donors (Lipinski definition) is 1. The molecule has 2 nitrogen and oxygen atoms in total. The molecule has 0 unspecified atom stereocenters. The van der Waals surface area contributed by atoms with Gasteiger partial charge in [0.1, 0.15) is 5.75 Å². The zero-order valence-corrected chi connectivity index (χ0v) is 13.2. The Kier molecular flexibility index (Phi) is 3.30. The van der Waals surface area contributed by atoms with Gasteiger partial charge in [-0.05, 0) is 29.5 Å². The van der Waals surface area contributed by atoms with Crippen LogP contribution in [0.1, 0.15) is 18.2 Å². The quantitative estimate of drug-likeness (QED) is 0.559. The van der Waals surface area contributed by atoms with Gasteiger partial charge in [-0.1, -0.05) is 61.5 Å². The number of benzene rings is 3. The van der Waals surface area contributed by atoms with E-state index < -0.39 is 0 Å². The standard InChI is InChI=1S/C21H19NO/c1-2-17-13-19-20(23)12-16-10-6-7-11-18(16)21(19)22(17)14-15-8-4-3-5-9-15/h3-13,23H,2,14H2,1H3. The lowest BCUT2D eigenvalue weighted by molar-refractivity contribution is 0.482. The van der Waals surface area contributed by atoms with Gasteiger partial charge in [0.05, 0.1) is 5.52 Å². The number of hydrogen-bond acceptors (Lipinski definition) is 1. The van der Waals surface area contributed by atoms with Crippen molar-refractivity contribution in [1.82, 2.24) is 4.57 Å². The van der Waals surface area contributed by atoms with Crippen LogP contribution in [0.3, 0.4) is 0 Å². The summed E-state index contributed by atoms with van der Waals surface area (Å²) in [5.74, 6) is 0.361. The summed E-state index contributed by atoms with van der Waals surface area (Å²) >= 11 is 0. The average molecular weight is 301 g/mol. The molecule has 4 aromatic rings.